The minimum absolute atomic E-state index is 0.116. The molecular formula is C25H22N4O2S. The summed E-state index contributed by atoms with van der Waals surface area (Å²) in [5.41, 5.74) is 3.36. The summed E-state index contributed by atoms with van der Waals surface area (Å²) in [6.45, 7) is 1.47. The molecule has 0 fully saturated rings. The smallest absolute Gasteiger partial charge is 0.235 e. The largest absolute Gasteiger partial charge is 0.326 e. The second kappa shape index (κ2) is 9.98. The van der Waals surface area contributed by atoms with Gasteiger partial charge in [-0.3, -0.25) is 9.59 Å². The fourth-order valence-electron chi connectivity index (χ4n) is 3.15. The first-order valence-electron chi connectivity index (χ1n) is 10.1. The van der Waals surface area contributed by atoms with Gasteiger partial charge in [-0.1, -0.05) is 48.5 Å². The average molecular weight is 443 g/mol. The van der Waals surface area contributed by atoms with E-state index >= 15 is 0 Å². The van der Waals surface area contributed by atoms with Gasteiger partial charge in [0.15, 0.2) is 0 Å². The van der Waals surface area contributed by atoms with Gasteiger partial charge in [-0.2, -0.15) is 5.10 Å². The number of nitrogens with one attached hydrogen (secondary N) is 2. The van der Waals surface area contributed by atoms with Crippen molar-refractivity contribution in [1.82, 2.24) is 9.78 Å². The first-order chi connectivity index (χ1) is 15.6. The topological polar surface area (TPSA) is 76.0 Å². The van der Waals surface area contributed by atoms with Crippen LogP contribution in [0.5, 0.6) is 0 Å². The van der Waals surface area contributed by atoms with E-state index in [0.717, 1.165) is 27.5 Å². The standard InChI is InChI=1S/C25H22N4O2S/c1-18(30)26-20-12-14-22(15-13-20)32-17-25(31)27-24-16-23(19-8-4-2-5-9-19)28-29(24)21-10-6-3-7-11-21/h2-16H,17H2,1H3,(H,26,30)(H,27,31). The number of amides is 2. The van der Waals surface area contributed by atoms with Crippen LogP contribution in [0.3, 0.4) is 0 Å². The van der Waals surface area contributed by atoms with Crippen molar-refractivity contribution in [2.45, 2.75) is 11.8 Å². The van der Waals surface area contributed by atoms with Crippen molar-refractivity contribution in [2.24, 2.45) is 0 Å². The molecule has 6 nitrogen and oxygen atoms in total. The number of carbonyl (C=O) groups is 2. The Morgan fingerprint density at radius 3 is 2.19 bits per heavy atom. The fraction of sp³-hybridized carbons (Fsp3) is 0.0800. The van der Waals surface area contributed by atoms with Gasteiger partial charge in [0.25, 0.3) is 0 Å². The zero-order valence-corrected chi connectivity index (χ0v) is 18.3. The average Bonchev–Trinajstić information content (AvgIpc) is 3.23. The summed E-state index contributed by atoms with van der Waals surface area (Å²) < 4.78 is 1.74. The maximum atomic E-state index is 12.7. The first kappa shape index (κ1) is 21.4. The van der Waals surface area contributed by atoms with Crippen molar-refractivity contribution in [3.05, 3.63) is 91.0 Å². The minimum atomic E-state index is -0.127. The molecule has 4 aromatic rings. The zero-order valence-electron chi connectivity index (χ0n) is 17.5. The highest BCUT2D eigenvalue weighted by Crippen LogP contribution is 2.25. The second-order valence-corrected chi connectivity index (χ2v) is 8.12. The van der Waals surface area contributed by atoms with Crippen LogP contribution in [0.2, 0.25) is 0 Å². The Morgan fingerprint density at radius 2 is 1.53 bits per heavy atom. The van der Waals surface area contributed by atoms with E-state index < -0.39 is 0 Å². The molecule has 7 heteroatoms. The Morgan fingerprint density at radius 1 is 0.875 bits per heavy atom. The van der Waals surface area contributed by atoms with Gasteiger partial charge < -0.3 is 10.6 Å². The highest BCUT2D eigenvalue weighted by molar-refractivity contribution is 8.00. The number of para-hydroxylation sites is 1. The van der Waals surface area contributed by atoms with E-state index in [1.165, 1.54) is 18.7 Å². The number of thioether (sulfide) groups is 1. The third-order valence-electron chi connectivity index (χ3n) is 4.59. The van der Waals surface area contributed by atoms with Crippen LogP contribution in [-0.4, -0.2) is 27.3 Å². The summed E-state index contributed by atoms with van der Waals surface area (Å²) in [4.78, 5) is 24.8. The van der Waals surface area contributed by atoms with Gasteiger partial charge in [0, 0.05) is 29.1 Å². The minimum Gasteiger partial charge on any atom is -0.326 e. The van der Waals surface area contributed by atoms with E-state index in [-0.39, 0.29) is 17.6 Å². The predicted octanol–water partition coefficient (Wildman–Crippen LogP) is 5.23. The van der Waals surface area contributed by atoms with Gasteiger partial charge in [0.05, 0.1) is 17.1 Å². The lowest BCUT2D eigenvalue weighted by atomic mass is 10.2. The molecule has 0 unspecified atom stereocenters. The Bertz CT molecular complexity index is 1210. The van der Waals surface area contributed by atoms with E-state index in [0.29, 0.717) is 5.82 Å². The molecule has 0 aliphatic heterocycles. The highest BCUT2D eigenvalue weighted by atomic mass is 32.2. The van der Waals surface area contributed by atoms with Crippen molar-refractivity contribution in [3.8, 4) is 16.9 Å². The highest BCUT2D eigenvalue weighted by Gasteiger charge is 2.14. The van der Waals surface area contributed by atoms with Crippen LogP contribution in [0.15, 0.2) is 95.9 Å². The molecule has 0 saturated heterocycles. The lowest BCUT2D eigenvalue weighted by Crippen LogP contribution is -2.16. The fourth-order valence-corrected chi connectivity index (χ4v) is 3.85. The summed E-state index contributed by atoms with van der Waals surface area (Å²) in [6, 6.07) is 28.8. The number of rotatable bonds is 7. The molecule has 4 rings (SSSR count). The molecular weight excluding hydrogens is 420 g/mol. The maximum absolute atomic E-state index is 12.7. The quantitative estimate of drug-likeness (QED) is 0.384. The summed E-state index contributed by atoms with van der Waals surface area (Å²) in [7, 11) is 0. The lowest BCUT2D eigenvalue weighted by molar-refractivity contribution is -0.114. The van der Waals surface area contributed by atoms with Crippen LogP contribution in [0.25, 0.3) is 16.9 Å². The van der Waals surface area contributed by atoms with E-state index in [9.17, 15) is 9.59 Å². The van der Waals surface area contributed by atoms with Gasteiger partial charge >= 0.3 is 0 Å². The normalized spacial score (nSPS) is 10.5. The van der Waals surface area contributed by atoms with Crippen LogP contribution in [0, 0.1) is 0 Å². The van der Waals surface area contributed by atoms with Crippen molar-refractivity contribution in [2.75, 3.05) is 16.4 Å². The van der Waals surface area contributed by atoms with Gasteiger partial charge in [-0.05, 0) is 36.4 Å². The summed E-state index contributed by atoms with van der Waals surface area (Å²) in [6.07, 6.45) is 0. The molecule has 1 aromatic heterocycles. The van der Waals surface area contributed by atoms with Crippen molar-refractivity contribution >= 4 is 35.1 Å². The molecule has 3 aromatic carbocycles. The van der Waals surface area contributed by atoms with Crippen molar-refractivity contribution in [3.63, 3.8) is 0 Å². The van der Waals surface area contributed by atoms with Crippen molar-refractivity contribution < 1.29 is 9.59 Å². The van der Waals surface area contributed by atoms with Crippen LogP contribution in [-0.2, 0) is 9.59 Å². The first-order valence-corrected chi connectivity index (χ1v) is 11.1. The molecule has 32 heavy (non-hydrogen) atoms. The Labute approximate surface area is 190 Å². The number of anilines is 2. The van der Waals surface area contributed by atoms with Gasteiger partial charge in [0.2, 0.25) is 11.8 Å². The number of carbonyl (C=O) groups excluding carboxylic acids is 2. The Hall–Kier alpha value is -3.84. The molecule has 0 spiro atoms. The molecule has 0 bridgehead atoms. The van der Waals surface area contributed by atoms with Gasteiger partial charge in [-0.15, -0.1) is 11.8 Å². The predicted molar refractivity (Wildman–Crippen MR) is 129 cm³/mol. The monoisotopic (exact) mass is 442 g/mol. The molecule has 0 saturated carbocycles. The molecule has 2 N–H and O–H groups in total. The number of hydrogen-bond donors (Lipinski definition) is 2. The summed E-state index contributed by atoms with van der Waals surface area (Å²) in [5.74, 6) is 0.620. The molecule has 160 valence electrons. The SMILES string of the molecule is CC(=O)Nc1ccc(SCC(=O)Nc2cc(-c3ccccc3)nn2-c2ccccc2)cc1. The van der Waals surface area contributed by atoms with Crippen LogP contribution in [0.4, 0.5) is 11.5 Å². The zero-order chi connectivity index (χ0) is 22.3. The van der Waals surface area contributed by atoms with E-state index in [1.807, 2.05) is 91.0 Å². The van der Waals surface area contributed by atoms with E-state index in [2.05, 4.69) is 10.6 Å². The van der Waals surface area contributed by atoms with Crippen LogP contribution in [0.1, 0.15) is 6.92 Å². The molecule has 0 aliphatic carbocycles. The van der Waals surface area contributed by atoms with E-state index in [4.69, 9.17) is 5.10 Å². The second-order valence-electron chi connectivity index (χ2n) is 7.07. The molecule has 0 atom stereocenters. The number of nitrogens with zero attached hydrogens (tertiary/aromatic N) is 2. The number of benzene rings is 3. The lowest BCUT2D eigenvalue weighted by Gasteiger charge is -2.09. The molecule has 2 amide bonds. The van der Waals surface area contributed by atoms with Crippen LogP contribution < -0.4 is 10.6 Å². The molecule has 1 heterocycles. The number of hydrogen-bond acceptors (Lipinski definition) is 4. The summed E-state index contributed by atoms with van der Waals surface area (Å²) in [5, 5.41) is 10.4. The van der Waals surface area contributed by atoms with Gasteiger partial charge in [0.1, 0.15) is 5.82 Å². The Kier molecular flexibility index (Phi) is 6.67. The summed E-state index contributed by atoms with van der Waals surface area (Å²) >= 11 is 1.43. The third kappa shape index (κ3) is 5.44. The van der Waals surface area contributed by atoms with Crippen LogP contribution >= 0.6 is 11.8 Å². The van der Waals surface area contributed by atoms with E-state index in [1.54, 1.807) is 4.68 Å². The van der Waals surface area contributed by atoms with Gasteiger partial charge in [-0.25, -0.2) is 4.68 Å². The maximum Gasteiger partial charge on any atom is 0.235 e. The number of aromatic nitrogens is 2. The Balaban J connectivity index is 1.48. The molecule has 0 aliphatic rings. The van der Waals surface area contributed by atoms with Crippen molar-refractivity contribution in [1.29, 1.82) is 0 Å². The molecule has 0 radical (unpaired) electrons. The third-order valence-corrected chi connectivity index (χ3v) is 5.60.